The number of nitrogens with one attached hydrogen (secondary N) is 1. The van der Waals surface area contributed by atoms with Crippen LogP contribution in [0.15, 0.2) is 34.7 Å². The number of alkyl halides is 3. The van der Waals surface area contributed by atoms with Gasteiger partial charge in [0, 0.05) is 13.1 Å². The first-order chi connectivity index (χ1) is 12.5. The second-order valence-corrected chi connectivity index (χ2v) is 6.06. The van der Waals surface area contributed by atoms with Gasteiger partial charge in [0.1, 0.15) is 23.2 Å². The monoisotopic (exact) mass is 385 g/mol. The summed E-state index contributed by atoms with van der Waals surface area (Å²) in [5, 5.41) is 13.7. The van der Waals surface area contributed by atoms with Gasteiger partial charge in [-0.15, -0.1) is 0 Å². The second kappa shape index (κ2) is 7.68. The van der Waals surface area contributed by atoms with E-state index in [1.807, 2.05) is 0 Å². The van der Waals surface area contributed by atoms with Crippen molar-refractivity contribution in [2.45, 2.75) is 32.6 Å². The van der Waals surface area contributed by atoms with Crippen molar-refractivity contribution in [3.05, 3.63) is 57.5 Å². The van der Waals surface area contributed by atoms with Gasteiger partial charge in [-0.05, 0) is 38.1 Å². The van der Waals surface area contributed by atoms with E-state index in [-0.39, 0.29) is 12.2 Å². The SMILES string of the molecule is Cc1ccc(CN(C)C(=O)C(C)Nc2ccc(C(F)(F)F)cc2[N+](=O)[O-])o1. The minimum atomic E-state index is -4.70. The Morgan fingerprint density at radius 3 is 2.52 bits per heavy atom. The van der Waals surface area contributed by atoms with Crippen LogP contribution in [0.4, 0.5) is 24.5 Å². The third kappa shape index (κ3) is 4.99. The molecule has 7 nitrogen and oxygen atoms in total. The molecule has 1 N–H and O–H groups in total. The van der Waals surface area contributed by atoms with E-state index in [4.69, 9.17) is 4.42 Å². The van der Waals surface area contributed by atoms with Crippen LogP contribution in [0.2, 0.25) is 0 Å². The fourth-order valence-electron chi connectivity index (χ4n) is 2.49. The topological polar surface area (TPSA) is 88.6 Å². The van der Waals surface area contributed by atoms with Gasteiger partial charge in [0.15, 0.2) is 0 Å². The van der Waals surface area contributed by atoms with Crippen LogP contribution in [0, 0.1) is 17.0 Å². The summed E-state index contributed by atoms with van der Waals surface area (Å²) >= 11 is 0. The van der Waals surface area contributed by atoms with Crippen LogP contribution in [0.25, 0.3) is 0 Å². The maximum absolute atomic E-state index is 12.8. The van der Waals surface area contributed by atoms with E-state index >= 15 is 0 Å². The fraction of sp³-hybridized carbons (Fsp3) is 0.353. The largest absolute Gasteiger partial charge is 0.464 e. The van der Waals surface area contributed by atoms with Crippen LogP contribution >= 0.6 is 0 Å². The smallest absolute Gasteiger partial charge is 0.416 e. The van der Waals surface area contributed by atoms with E-state index in [1.165, 1.54) is 18.9 Å². The number of nitro groups is 1. The Balaban J connectivity index is 2.15. The van der Waals surface area contributed by atoms with Crippen molar-refractivity contribution >= 4 is 17.3 Å². The lowest BCUT2D eigenvalue weighted by atomic mass is 10.1. The number of rotatable bonds is 6. The lowest BCUT2D eigenvalue weighted by Crippen LogP contribution is -2.38. The van der Waals surface area contributed by atoms with Crippen LogP contribution < -0.4 is 5.32 Å². The van der Waals surface area contributed by atoms with E-state index in [9.17, 15) is 28.1 Å². The number of hydrogen-bond acceptors (Lipinski definition) is 5. The number of benzene rings is 1. The van der Waals surface area contributed by atoms with E-state index in [1.54, 1.807) is 19.1 Å². The zero-order valence-electron chi connectivity index (χ0n) is 14.8. The average Bonchev–Trinajstić information content (AvgIpc) is 2.97. The van der Waals surface area contributed by atoms with Crippen LogP contribution in [-0.4, -0.2) is 28.8 Å². The number of amides is 1. The molecule has 0 radical (unpaired) electrons. The third-order valence-electron chi connectivity index (χ3n) is 3.83. The van der Waals surface area contributed by atoms with Gasteiger partial charge < -0.3 is 14.6 Å². The molecule has 10 heteroatoms. The van der Waals surface area contributed by atoms with Crippen molar-refractivity contribution in [3.63, 3.8) is 0 Å². The molecule has 0 aliphatic rings. The highest BCUT2D eigenvalue weighted by molar-refractivity contribution is 5.85. The number of nitrogens with zero attached hydrogens (tertiary/aromatic N) is 2. The highest BCUT2D eigenvalue weighted by Gasteiger charge is 2.33. The molecule has 1 heterocycles. The van der Waals surface area contributed by atoms with Gasteiger partial charge in [0.05, 0.1) is 17.0 Å². The number of aryl methyl sites for hydroxylation is 1. The number of halogens is 3. The van der Waals surface area contributed by atoms with E-state index < -0.39 is 34.3 Å². The molecule has 146 valence electrons. The number of furan rings is 1. The Labute approximate surface area is 152 Å². The average molecular weight is 385 g/mol. The first-order valence-corrected chi connectivity index (χ1v) is 7.91. The Kier molecular flexibility index (Phi) is 5.77. The summed E-state index contributed by atoms with van der Waals surface area (Å²) in [6.07, 6.45) is -4.70. The first kappa shape index (κ1) is 20.3. The number of likely N-dealkylation sites (N-methyl/N-ethyl adjacent to an activating group) is 1. The Morgan fingerprint density at radius 2 is 2.00 bits per heavy atom. The number of anilines is 1. The van der Waals surface area contributed by atoms with Crippen molar-refractivity contribution in [1.82, 2.24) is 4.90 Å². The number of hydrogen-bond donors (Lipinski definition) is 1. The quantitative estimate of drug-likeness (QED) is 0.600. The summed E-state index contributed by atoms with van der Waals surface area (Å²) in [7, 11) is 1.53. The molecule has 2 aromatic rings. The molecule has 1 aromatic carbocycles. The molecule has 0 bridgehead atoms. The zero-order valence-corrected chi connectivity index (χ0v) is 14.8. The van der Waals surface area contributed by atoms with Crippen molar-refractivity contribution in [2.75, 3.05) is 12.4 Å². The van der Waals surface area contributed by atoms with Gasteiger partial charge in [-0.2, -0.15) is 13.2 Å². The third-order valence-corrected chi connectivity index (χ3v) is 3.83. The molecule has 1 atom stereocenters. The van der Waals surface area contributed by atoms with Gasteiger partial charge >= 0.3 is 6.18 Å². The maximum Gasteiger partial charge on any atom is 0.416 e. The minimum absolute atomic E-state index is 0.170. The van der Waals surface area contributed by atoms with Crippen LogP contribution in [-0.2, 0) is 17.5 Å². The summed E-state index contributed by atoms with van der Waals surface area (Å²) in [5.41, 5.74) is -2.06. The summed E-state index contributed by atoms with van der Waals surface area (Å²) < 4.78 is 43.7. The van der Waals surface area contributed by atoms with Gasteiger partial charge in [-0.1, -0.05) is 0 Å². The molecule has 1 aromatic heterocycles. The highest BCUT2D eigenvalue weighted by Crippen LogP contribution is 2.35. The van der Waals surface area contributed by atoms with Crippen molar-refractivity contribution < 1.29 is 27.3 Å². The predicted octanol–water partition coefficient (Wildman–Crippen LogP) is 3.97. The van der Waals surface area contributed by atoms with Crippen molar-refractivity contribution in [3.8, 4) is 0 Å². The van der Waals surface area contributed by atoms with Gasteiger partial charge in [0.2, 0.25) is 5.91 Å². The van der Waals surface area contributed by atoms with Crippen molar-refractivity contribution in [2.24, 2.45) is 0 Å². The van der Waals surface area contributed by atoms with Crippen LogP contribution in [0.3, 0.4) is 0 Å². The second-order valence-electron chi connectivity index (χ2n) is 6.06. The highest BCUT2D eigenvalue weighted by atomic mass is 19.4. The molecule has 0 saturated carbocycles. The number of carbonyl (C=O) groups excluding carboxylic acids is 1. The van der Waals surface area contributed by atoms with Gasteiger partial charge in [-0.3, -0.25) is 14.9 Å². The molecular weight excluding hydrogens is 367 g/mol. The predicted molar refractivity (Wildman–Crippen MR) is 91.1 cm³/mol. The lowest BCUT2D eigenvalue weighted by Gasteiger charge is -2.22. The summed E-state index contributed by atoms with van der Waals surface area (Å²) in [5.74, 6) is 0.853. The summed E-state index contributed by atoms with van der Waals surface area (Å²) in [4.78, 5) is 24.0. The standard InChI is InChI=1S/C17H18F3N3O4/c1-10-4-6-13(27-10)9-22(3)16(24)11(2)21-14-7-5-12(17(18,19)20)8-15(14)23(25)26/h4-8,11,21H,9H2,1-3H3. The maximum atomic E-state index is 12.8. The Morgan fingerprint density at radius 1 is 1.33 bits per heavy atom. The molecule has 0 saturated heterocycles. The molecule has 0 aliphatic heterocycles. The molecule has 2 rings (SSSR count). The van der Waals surface area contributed by atoms with Crippen LogP contribution in [0.5, 0.6) is 0 Å². The molecular formula is C17H18F3N3O4. The first-order valence-electron chi connectivity index (χ1n) is 7.91. The number of carbonyl (C=O) groups is 1. The van der Waals surface area contributed by atoms with Gasteiger partial charge in [0.25, 0.3) is 5.69 Å². The van der Waals surface area contributed by atoms with Crippen LogP contribution in [0.1, 0.15) is 24.0 Å². The zero-order chi connectivity index (χ0) is 20.4. The normalized spacial score (nSPS) is 12.5. The lowest BCUT2D eigenvalue weighted by molar-refractivity contribution is -0.384. The fourth-order valence-corrected chi connectivity index (χ4v) is 2.49. The number of nitro benzene ring substituents is 1. The van der Waals surface area contributed by atoms with E-state index in [0.717, 1.165) is 12.1 Å². The molecule has 0 aliphatic carbocycles. The molecule has 1 unspecified atom stereocenters. The molecule has 0 fully saturated rings. The molecule has 27 heavy (non-hydrogen) atoms. The van der Waals surface area contributed by atoms with Crippen molar-refractivity contribution in [1.29, 1.82) is 0 Å². The van der Waals surface area contributed by atoms with Gasteiger partial charge in [-0.25, -0.2) is 0 Å². The minimum Gasteiger partial charge on any atom is -0.464 e. The Bertz CT molecular complexity index is 848. The molecule has 0 spiro atoms. The van der Waals surface area contributed by atoms with E-state index in [2.05, 4.69) is 5.32 Å². The van der Waals surface area contributed by atoms with E-state index in [0.29, 0.717) is 17.6 Å². The summed E-state index contributed by atoms with van der Waals surface area (Å²) in [6.45, 7) is 3.42. The summed E-state index contributed by atoms with van der Waals surface area (Å²) in [6, 6.07) is 4.68. The molecule has 1 amide bonds. The Hall–Kier alpha value is -3.04.